The molecule has 0 heterocycles. The first kappa shape index (κ1) is 26.0. The summed E-state index contributed by atoms with van der Waals surface area (Å²) >= 11 is 0. The number of fused-ring (bicyclic) bond motifs is 3. The molecule has 2 aromatic rings. The molecule has 7 heteroatoms. The van der Waals surface area contributed by atoms with Crippen molar-refractivity contribution in [2.45, 2.75) is 45.1 Å². The Hall–Kier alpha value is -3.61. The maximum Gasteiger partial charge on any atom is 0.407 e. The molecule has 35 heavy (non-hydrogen) atoms. The second-order valence-electron chi connectivity index (χ2n) is 9.39. The van der Waals surface area contributed by atoms with Crippen LogP contribution in [-0.2, 0) is 14.3 Å². The Morgan fingerprint density at radius 3 is 2.20 bits per heavy atom. The molecule has 3 rings (SSSR count). The van der Waals surface area contributed by atoms with E-state index >= 15 is 0 Å². The summed E-state index contributed by atoms with van der Waals surface area (Å²) in [4.78, 5) is 36.5. The van der Waals surface area contributed by atoms with Crippen LogP contribution in [0.4, 0.5) is 4.79 Å². The van der Waals surface area contributed by atoms with Gasteiger partial charge in [0.2, 0.25) is 5.91 Å². The smallest absolute Gasteiger partial charge is 0.407 e. The zero-order valence-electron chi connectivity index (χ0n) is 20.3. The van der Waals surface area contributed by atoms with Crippen LogP contribution in [0.2, 0.25) is 0 Å². The molecule has 0 bridgehead atoms. The lowest BCUT2D eigenvalue weighted by Gasteiger charge is -2.21. The van der Waals surface area contributed by atoms with Crippen LogP contribution < -0.4 is 10.6 Å². The van der Waals surface area contributed by atoms with Crippen molar-refractivity contribution < 1.29 is 24.2 Å². The van der Waals surface area contributed by atoms with Crippen LogP contribution in [0.15, 0.2) is 61.2 Å². The summed E-state index contributed by atoms with van der Waals surface area (Å²) in [5, 5.41) is 14.6. The van der Waals surface area contributed by atoms with E-state index in [4.69, 9.17) is 9.84 Å². The number of carbonyl (C=O) groups is 3. The predicted molar refractivity (Wildman–Crippen MR) is 135 cm³/mol. The number of ether oxygens (including phenoxy) is 1. The number of amides is 2. The first-order valence-electron chi connectivity index (χ1n) is 12.0. The second kappa shape index (κ2) is 12.2. The third kappa shape index (κ3) is 6.94. The van der Waals surface area contributed by atoms with Gasteiger partial charge in [-0.05, 0) is 46.9 Å². The average Bonchev–Trinajstić information content (AvgIpc) is 3.14. The minimum absolute atomic E-state index is 0.0234. The van der Waals surface area contributed by atoms with Crippen molar-refractivity contribution in [3.8, 4) is 11.1 Å². The number of nitrogens with one attached hydrogen (secondary N) is 2. The number of benzene rings is 2. The Morgan fingerprint density at radius 2 is 1.66 bits per heavy atom. The van der Waals surface area contributed by atoms with Crippen LogP contribution in [0.1, 0.15) is 50.2 Å². The Balaban J connectivity index is 1.58. The van der Waals surface area contributed by atoms with Gasteiger partial charge < -0.3 is 20.5 Å². The molecule has 0 radical (unpaired) electrons. The topological polar surface area (TPSA) is 105 Å². The van der Waals surface area contributed by atoms with E-state index in [0.29, 0.717) is 12.3 Å². The number of carboxylic acids is 1. The van der Waals surface area contributed by atoms with Crippen LogP contribution in [0, 0.1) is 11.8 Å². The minimum Gasteiger partial charge on any atom is -0.481 e. The lowest BCUT2D eigenvalue weighted by Crippen LogP contribution is -2.48. The number of carboxylic acid groups (broad SMARTS) is 1. The summed E-state index contributed by atoms with van der Waals surface area (Å²) in [6, 6.07) is 15.3. The van der Waals surface area contributed by atoms with E-state index in [1.807, 2.05) is 50.2 Å². The fourth-order valence-electron chi connectivity index (χ4n) is 4.70. The van der Waals surface area contributed by atoms with Crippen LogP contribution in [0.5, 0.6) is 0 Å². The zero-order chi connectivity index (χ0) is 25.4. The minimum atomic E-state index is -0.899. The summed E-state index contributed by atoms with van der Waals surface area (Å²) in [6.45, 7) is 8.07. The highest BCUT2D eigenvalue weighted by atomic mass is 16.5. The first-order valence-corrected chi connectivity index (χ1v) is 12.0. The van der Waals surface area contributed by atoms with Gasteiger partial charge in [-0.2, -0.15) is 0 Å². The lowest BCUT2D eigenvalue weighted by molar-refractivity contribution is -0.138. The monoisotopic (exact) mass is 478 g/mol. The number of hydrogen-bond acceptors (Lipinski definition) is 4. The Labute approximate surface area is 206 Å². The van der Waals surface area contributed by atoms with E-state index in [1.54, 1.807) is 6.08 Å². The number of carbonyl (C=O) groups excluding carboxylic acids is 2. The van der Waals surface area contributed by atoms with Crippen LogP contribution in [-0.4, -0.2) is 42.3 Å². The van der Waals surface area contributed by atoms with Gasteiger partial charge in [-0.3, -0.25) is 9.59 Å². The molecule has 0 saturated carbocycles. The maximum atomic E-state index is 12.8. The van der Waals surface area contributed by atoms with Crippen molar-refractivity contribution in [2.75, 3.05) is 13.2 Å². The van der Waals surface area contributed by atoms with Crippen molar-refractivity contribution >= 4 is 18.0 Å². The Kier molecular flexibility index (Phi) is 9.06. The molecule has 186 valence electrons. The number of hydrogen-bond donors (Lipinski definition) is 3. The highest BCUT2D eigenvalue weighted by molar-refractivity contribution is 5.86. The number of alkyl carbamates (subject to hydrolysis) is 1. The third-order valence-corrected chi connectivity index (χ3v) is 6.19. The van der Waals surface area contributed by atoms with E-state index in [9.17, 15) is 14.4 Å². The van der Waals surface area contributed by atoms with Gasteiger partial charge in [0.15, 0.2) is 0 Å². The standard InChI is InChI=1S/C28H34N2O5/c1-4-9-25(27(33)29-16-19(14-18(2)3)15-26(31)32)30-28(34)35-17-24-22-12-7-5-10-20(22)21-11-6-8-13-23(21)24/h4-8,10-13,18-19,24-25H,1,9,14-17H2,2-3H3,(H,29,33)(H,30,34)(H,31,32). The van der Waals surface area contributed by atoms with Crippen molar-refractivity contribution in [3.63, 3.8) is 0 Å². The third-order valence-electron chi connectivity index (χ3n) is 6.19. The molecule has 0 fully saturated rings. The van der Waals surface area contributed by atoms with Crippen molar-refractivity contribution in [1.29, 1.82) is 0 Å². The molecule has 0 spiro atoms. The fourth-order valence-corrected chi connectivity index (χ4v) is 4.70. The average molecular weight is 479 g/mol. The molecule has 2 atom stereocenters. The van der Waals surface area contributed by atoms with Crippen molar-refractivity contribution in [1.82, 2.24) is 10.6 Å². The maximum absolute atomic E-state index is 12.8. The zero-order valence-corrected chi connectivity index (χ0v) is 20.3. The molecule has 7 nitrogen and oxygen atoms in total. The van der Waals surface area contributed by atoms with Gasteiger partial charge in [0, 0.05) is 18.9 Å². The summed E-state index contributed by atoms with van der Waals surface area (Å²) in [7, 11) is 0. The van der Waals surface area contributed by atoms with Gasteiger partial charge >= 0.3 is 12.1 Å². The highest BCUT2D eigenvalue weighted by Gasteiger charge is 2.29. The van der Waals surface area contributed by atoms with E-state index in [0.717, 1.165) is 22.3 Å². The molecular weight excluding hydrogens is 444 g/mol. The molecule has 2 aromatic carbocycles. The Bertz CT molecular complexity index is 1020. The van der Waals surface area contributed by atoms with E-state index in [2.05, 4.69) is 29.3 Å². The normalized spacial score (nSPS) is 13.9. The van der Waals surface area contributed by atoms with E-state index in [1.165, 1.54) is 0 Å². The molecular formula is C28H34N2O5. The molecule has 3 N–H and O–H groups in total. The molecule has 1 aliphatic rings. The van der Waals surface area contributed by atoms with Crippen LogP contribution in [0.25, 0.3) is 11.1 Å². The molecule has 0 aliphatic heterocycles. The Morgan fingerprint density at radius 1 is 1.06 bits per heavy atom. The van der Waals surface area contributed by atoms with Crippen LogP contribution in [0.3, 0.4) is 0 Å². The molecule has 2 unspecified atom stereocenters. The number of aliphatic carboxylic acids is 1. The highest BCUT2D eigenvalue weighted by Crippen LogP contribution is 2.44. The summed E-state index contributed by atoms with van der Waals surface area (Å²) in [5.74, 6) is -1.25. The van der Waals surface area contributed by atoms with Crippen molar-refractivity contribution in [2.24, 2.45) is 11.8 Å². The van der Waals surface area contributed by atoms with Crippen molar-refractivity contribution in [3.05, 3.63) is 72.3 Å². The van der Waals surface area contributed by atoms with Gasteiger partial charge in [0.25, 0.3) is 0 Å². The summed E-state index contributed by atoms with van der Waals surface area (Å²) in [5.41, 5.74) is 4.49. The molecule has 0 saturated heterocycles. The van der Waals surface area contributed by atoms with E-state index in [-0.39, 0.29) is 37.8 Å². The SMILES string of the molecule is C=CCC(NC(=O)OCC1c2ccccc2-c2ccccc21)C(=O)NCC(CC(=O)O)CC(C)C. The fraction of sp³-hybridized carbons (Fsp3) is 0.393. The van der Waals surface area contributed by atoms with Gasteiger partial charge in [-0.25, -0.2) is 4.79 Å². The van der Waals surface area contributed by atoms with Gasteiger partial charge in [0.1, 0.15) is 12.6 Å². The van der Waals surface area contributed by atoms with Gasteiger partial charge in [-0.15, -0.1) is 6.58 Å². The predicted octanol–water partition coefficient (Wildman–Crippen LogP) is 4.72. The quantitative estimate of drug-likeness (QED) is 0.383. The second-order valence-corrected chi connectivity index (χ2v) is 9.39. The summed E-state index contributed by atoms with van der Waals surface area (Å²) < 4.78 is 5.56. The number of rotatable bonds is 12. The molecule has 2 amide bonds. The lowest BCUT2D eigenvalue weighted by atomic mass is 9.94. The first-order chi connectivity index (χ1) is 16.8. The van der Waals surface area contributed by atoms with Gasteiger partial charge in [-0.1, -0.05) is 68.5 Å². The van der Waals surface area contributed by atoms with E-state index < -0.39 is 24.0 Å². The van der Waals surface area contributed by atoms with Gasteiger partial charge in [0.05, 0.1) is 0 Å². The van der Waals surface area contributed by atoms with Crippen LogP contribution >= 0.6 is 0 Å². The summed E-state index contributed by atoms with van der Waals surface area (Å²) in [6.07, 6.45) is 1.75. The molecule has 1 aliphatic carbocycles. The molecule has 0 aromatic heterocycles. The largest absolute Gasteiger partial charge is 0.481 e.